The van der Waals surface area contributed by atoms with Gasteiger partial charge in [-0.15, -0.1) is 0 Å². The highest BCUT2D eigenvalue weighted by molar-refractivity contribution is 6.30. The van der Waals surface area contributed by atoms with E-state index in [2.05, 4.69) is 10.3 Å². The van der Waals surface area contributed by atoms with Crippen LogP contribution in [0.15, 0.2) is 16.2 Å². The number of aliphatic imine (C=N–C) groups is 1. The first kappa shape index (κ1) is 9.50. The minimum atomic E-state index is 0.137. The molecule has 0 aliphatic carbocycles. The van der Waals surface area contributed by atoms with Crippen LogP contribution in [0.2, 0.25) is 0 Å². The van der Waals surface area contributed by atoms with E-state index < -0.39 is 0 Å². The van der Waals surface area contributed by atoms with E-state index in [0.29, 0.717) is 0 Å². The zero-order chi connectivity index (χ0) is 7.98. The summed E-state index contributed by atoms with van der Waals surface area (Å²) < 4.78 is 0. The van der Waals surface area contributed by atoms with Crippen LogP contribution < -0.4 is 5.32 Å². The van der Waals surface area contributed by atoms with Gasteiger partial charge < -0.3 is 5.32 Å². The number of nitrogens with one attached hydrogen (secondary N) is 1. The van der Waals surface area contributed by atoms with E-state index in [4.69, 9.17) is 11.6 Å². The van der Waals surface area contributed by atoms with Crippen LogP contribution >= 0.6 is 11.6 Å². The second kappa shape index (κ2) is 5.30. The standard InChI is InChI=1S/C5H7ClN2.C2H6/c1-4-5(6)2-7-3-8-4;1-2/h2-4H,1H3,(H,7,8);1-2H3. The molecule has 10 heavy (non-hydrogen) atoms. The maximum Gasteiger partial charge on any atom is 0.0871 e. The van der Waals surface area contributed by atoms with Gasteiger partial charge in [0.2, 0.25) is 0 Å². The highest BCUT2D eigenvalue weighted by Crippen LogP contribution is 2.10. The van der Waals surface area contributed by atoms with Crippen molar-refractivity contribution in [3.63, 3.8) is 0 Å². The van der Waals surface area contributed by atoms with Crippen LogP contribution in [0.4, 0.5) is 0 Å². The molecule has 0 bridgehead atoms. The van der Waals surface area contributed by atoms with Crippen molar-refractivity contribution < 1.29 is 0 Å². The van der Waals surface area contributed by atoms with Crippen molar-refractivity contribution in [2.75, 3.05) is 0 Å². The number of hydrogen-bond acceptors (Lipinski definition) is 2. The van der Waals surface area contributed by atoms with Crippen molar-refractivity contribution >= 4 is 17.9 Å². The molecule has 0 aromatic heterocycles. The maximum atomic E-state index is 5.65. The number of nitrogens with zero attached hydrogens (tertiary/aromatic N) is 1. The van der Waals surface area contributed by atoms with Gasteiger partial charge in [-0.2, -0.15) is 0 Å². The predicted octanol–water partition coefficient (Wildman–Crippen LogP) is 2.11. The van der Waals surface area contributed by atoms with Crippen LogP contribution in [0, 0.1) is 0 Å². The van der Waals surface area contributed by atoms with E-state index >= 15 is 0 Å². The largest absolute Gasteiger partial charge is 0.352 e. The van der Waals surface area contributed by atoms with Crippen LogP contribution in [0.5, 0.6) is 0 Å². The summed E-state index contributed by atoms with van der Waals surface area (Å²) in [4.78, 5) is 3.97. The summed E-state index contributed by atoms with van der Waals surface area (Å²) in [6.07, 6.45) is 3.37. The average Bonchev–Trinajstić information content (AvgIpc) is 2.00. The highest BCUT2D eigenvalue weighted by atomic mass is 35.5. The predicted molar refractivity (Wildman–Crippen MR) is 46.4 cm³/mol. The molecule has 1 rings (SSSR count). The molecule has 1 N–H and O–H groups in total. The molecule has 1 heterocycles. The van der Waals surface area contributed by atoms with E-state index in [1.165, 1.54) is 0 Å². The molecule has 0 saturated carbocycles. The van der Waals surface area contributed by atoms with Crippen molar-refractivity contribution in [1.82, 2.24) is 5.32 Å². The zero-order valence-electron chi connectivity index (χ0n) is 6.56. The third-order valence-electron chi connectivity index (χ3n) is 0.993. The van der Waals surface area contributed by atoms with E-state index in [1.54, 1.807) is 12.5 Å². The average molecular weight is 161 g/mol. The first-order valence-electron chi connectivity index (χ1n) is 3.44. The van der Waals surface area contributed by atoms with Gasteiger partial charge in [0.1, 0.15) is 0 Å². The lowest BCUT2D eigenvalue weighted by Gasteiger charge is -2.07. The van der Waals surface area contributed by atoms with Gasteiger partial charge in [-0.05, 0) is 6.92 Å². The monoisotopic (exact) mass is 160 g/mol. The molecule has 0 amide bonds. The molecule has 2 nitrogen and oxygen atoms in total. The first-order valence-corrected chi connectivity index (χ1v) is 3.82. The molecule has 3 heteroatoms. The van der Waals surface area contributed by atoms with Gasteiger partial charge in [-0.3, -0.25) is 4.99 Å². The SMILES string of the molecule is CC.CC1N=CNC=C1Cl. The molecule has 1 aliphatic heterocycles. The van der Waals surface area contributed by atoms with Gasteiger partial charge in [0, 0.05) is 6.20 Å². The second-order valence-corrected chi connectivity index (χ2v) is 2.09. The van der Waals surface area contributed by atoms with Crippen molar-refractivity contribution in [2.45, 2.75) is 26.8 Å². The van der Waals surface area contributed by atoms with Crippen LogP contribution in [0.3, 0.4) is 0 Å². The van der Waals surface area contributed by atoms with Crippen LogP contribution in [-0.2, 0) is 0 Å². The van der Waals surface area contributed by atoms with E-state index in [9.17, 15) is 0 Å². The zero-order valence-corrected chi connectivity index (χ0v) is 7.31. The quantitative estimate of drug-likeness (QED) is 0.577. The molecule has 0 aromatic carbocycles. The summed E-state index contributed by atoms with van der Waals surface area (Å²) in [5.74, 6) is 0. The lowest BCUT2D eigenvalue weighted by Crippen LogP contribution is -2.13. The smallest absolute Gasteiger partial charge is 0.0871 e. The van der Waals surface area contributed by atoms with Crippen molar-refractivity contribution in [2.24, 2.45) is 4.99 Å². The molecule has 58 valence electrons. The Morgan fingerprint density at radius 2 is 2.20 bits per heavy atom. The Morgan fingerprint density at radius 3 is 2.50 bits per heavy atom. The Morgan fingerprint density at radius 1 is 1.60 bits per heavy atom. The summed E-state index contributed by atoms with van der Waals surface area (Å²) >= 11 is 5.65. The van der Waals surface area contributed by atoms with Gasteiger partial charge in [0.25, 0.3) is 0 Å². The Kier molecular flexibility index (Phi) is 5.03. The fraction of sp³-hybridized carbons (Fsp3) is 0.571. The van der Waals surface area contributed by atoms with Gasteiger partial charge in [0.15, 0.2) is 0 Å². The Balaban J connectivity index is 0.000000371. The molecule has 0 radical (unpaired) electrons. The second-order valence-electron chi connectivity index (χ2n) is 1.65. The molecule has 1 unspecified atom stereocenters. The van der Waals surface area contributed by atoms with Crippen molar-refractivity contribution in [3.8, 4) is 0 Å². The topological polar surface area (TPSA) is 24.4 Å². The van der Waals surface area contributed by atoms with E-state index in [-0.39, 0.29) is 6.04 Å². The summed E-state index contributed by atoms with van der Waals surface area (Å²) in [5, 5.41) is 3.54. The van der Waals surface area contributed by atoms with Crippen LogP contribution in [-0.4, -0.2) is 12.4 Å². The van der Waals surface area contributed by atoms with Crippen LogP contribution in [0.25, 0.3) is 0 Å². The number of hydrogen-bond donors (Lipinski definition) is 1. The fourth-order valence-electron chi connectivity index (χ4n) is 0.464. The molecular formula is C7H13ClN2. The third kappa shape index (κ3) is 2.87. The molecule has 0 aromatic rings. The van der Waals surface area contributed by atoms with Gasteiger partial charge in [-0.1, -0.05) is 25.4 Å². The van der Waals surface area contributed by atoms with E-state index in [1.807, 2.05) is 20.8 Å². The first-order chi connectivity index (χ1) is 4.80. The lowest BCUT2D eigenvalue weighted by atomic mass is 10.3. The minimum Gasteiger partial charge on any atom is -0.352 e. The molecular weight excluding hydrogens is 148 g/mol. The third-order valence-corrected chi connectivity index (χ3v) is 1.42. The number of rotatable bonds is 0. The summed E-state index contributed by atoms with van der Waals surface area (Å²) in [5.41, 5.74) is 0. The molecule has 0 saturated heterocycles. The van der Waals surface area contributed by atoms with Crippen molar-refractivity contribution in [3.05, 3.63) is 11.2 Å². The van der Waals surface area contributed by atoms with Crippen molar-refractivity contribution in [1.29, 1.82) is 0 Å². The summed E-state index contributed by atoms with van der Waals surface area (Å²) in [6, 6.07) is 0.137. The molecule has 1 aliphatic rings. The van der Waals surface area contributed by atoms with E-state index in [0.717, 1.165) is 5.03 Å². The molecule has 0 fully saturated rings. The van der Waals surface area contributed by atoms with Gasteiger partial charge >= 0.3 is 0 Å². The Hall–Kier alpha value is -0.500. The number of halogens is 1. The highest BCUT2D eigenvalue weighted by Gasteiger charge is 2.04. The Bertz CT molecular complexity index is 141. The normalized spacial score (nSPS) is 22.0. The minimum absolute atomic E-state index is 0.137. The fourth-order valence-corrected chi connectivity index (χ4v) is 0.583. The summed E-state index contributed by atoms with van der Waals surface area (Å²) in [6.45, 7) is 5.94. The summed E-state index contributed by atoms with van der Waals surface area (Å²) in [7, 11) is 0. The molecule has 1 atom stereocenters. The lowest BCUT2D eigenvalue weighted by molar-refractivity contribution is 0.879. The van der Waals surface area contributed by atoms with Gasteiger partial charge in [-0.25, -0.2) is 0 Å². The van der Waals surface area contributed by atoms with Crippen LogP contribution in [0.1, 0.15) is 20.8 Å². The van der Waals surface area contributed by atoms with Gasteiger partial charge in [0.05, 0.1) is 17.4 Å². The maximum absolute atomic E-state index is 5.65. The Labute approximate surface area is 67.0 Å². The molecule has 0 spiro atoms.